The fraction of sp³-hybridized carbons (Fsp3) is 0.158. The topological polar surface area (TPSA) is 116 Å². The summed E-state index contributed by atoms with van der Waals surface area (Å²) >= 11 is 3.27. The van der Waals surface area contributed by atoms with Crippen molar-refractivity contribution in [3.63, 3.8) is 0 Å². The van der Waals surface area contributed by atoms with Crippen LogP contribution < -0.4 is 15.2 Å². The van der Waals surface area contributed by atoms with Crippen LogP contribution in [0.4, 0.5) is 5.69 Å². The van der Waals surface area contributed by atoms with Crippen LogP contribution in [0, 0.1) is 0 Å². The Morgan fingerprint density at radius 1 is 1.24 bits per heavy atom. The van der Waals surface area contributed by atoms with E-state index in [1.54, 1.807) is 41.1 Å². The van der Waals surface area contributed by atoms with Crippen LogP contribution in [0.1, 0.15) is 23.0 Å². The molecule has 1 aromatic heterocycles. The third-order valence-corrected chi connectivity index (χ3v) is 6.14. The first kappa shape index (κ1) is 20.9. The number of carbonyl (C=O) groups excluding carboxylic acids is 1. The van der Waals surface area contributed by atoms with Crippen molar-refractivity contribution in [3.8, 4) is 11.4 Å². The molecule has 0 saturated heterocycles. The Balaban J connectivity index is 1.90. The molecule has 0 spiro atoms. The highest BCUT2D eigenvalue weighted by molar-refractivity contribution is 9.10. The molecule has 0 aliphatic carbocycles. The van der Waals surface area contributed by atoms with Crippen LogP contribution in [0.2, 0.25) is 0 Å². The molecule has 0 bridgehead atoms. The van der Waals surface area contributed by atoms with Gasteiger partial charge in [-0.2, -0.15) is 5.10 Å². The summed E-state index contributed by atoms with van der Waals surface area (Å²) in [5.41, 5.74) is 7.48. The number of primary amides is 1. The molecule has 3 rings (SSSR count). The molecule has 0 aliphatic heterocycles. The quantitative estimate of drug-likeness (QED) is 0.540. The first-order chi connectivity index (χ1) is 13.8. The van der Waals surface area contributed by atoms with Gasteiger partial charge < -0.3 is 10.5 Å². The van der Waals surface area contributed by atoms with Gasteiger partial charge in [0.15, 0.2) is 0 Å². The van der Waals surface area contributed by atoms with Gasteiger partial charge in [0, 0.05) is 10.2 Å². The van der Waals surface area contributed by atoms with E-state index in [9.17, 15) is 13.2 Å². The maximum absolute atomic E-state index is 12.8. The molecule has 10 heteroatoms. The number of rotatable bonds is 7. The molecular weight excluding hydrogens is 460 g/mol. The van der Waals surface area contributed by atoms with Crippen molar-refractivity contribution in [2.45, 2.75) is 18.2 Å². The maximum atomic E-state index is 12.8. The fourth-order valence-electron chi connectivity index (χ4n) is 2.88. The minimum absolute atomic E-state index is 0.0184. The van der Waals surface area contributed by atoms with Crippen LogP contribution >= 0.6 is 15.9 Å². The van der Waals surface area contributed by atoms with E-state index in [2.05, 4.69) is 25.8 Å². The molecule has 0 fully saturated rings. The van der Waals surface area contributed by atoms with Crippen LogP contribution in [-0.4, -0.2) is 31.2 Å². The lowest BCUT2D eigenvalue weighted by Gasteiger charge is -2.13. The number of benzene rings is 2. The van der Waals surface area contributed by atoms with Crippen LogP contribution in [0.15, 0.2) is 58.0 Å². The third-order valence-electron chi connectivity index (χ3n) is 4.25. The zero-order valence-electron chi connectivity index (χ0n) is 15.7. The second-order valence-electron chi connectivity index (χ2n) is 6.08. The lowest BCUT2D eigenvalue weighted by molar-refractivity contribution is 0.0999. The molecule has 8 nitrogen and oxygen atoms in total. The van der Waals surface area contributed by atoms with Crippen molar-refractivity contribution in [1.82, 2.24) is 9.78 Å². The average molecular weight is 479 g/mol. The van der Waals surface area contributed by atoms with Gasteiger partial charge in [0.1, 0.15) is 10.6 Å². The monoisotopic (exact) mass is 478 g/mol. The third kappa shape index (κ3) is 4.28. The molecule has 0 radical (unpaired) electrons. The first-order valence-electron chi connectivity index (χ1n) is 8.60. The molecule has 0 atom stereocenters. The summed E-state index contributed by atoms with van der Waals surface area (Å²) < 4.78 is 35.5. The summed E-state index contributed by atoms with van der Waals surface area (Å²) in [6.07, 6.45) is 1.99. The second-order valence-corrected chi connectivity index (χ2v) is 8.65. The normalized spacial score (nSPS) is 11.3. The highest BCUT2D eigenvalue weighted by atomic mass is 79.9. The molecule has 0 aliphatic rings. The van der Waals surface area contributed by atoms with Crippen LogP contribution in [0.5, 0.6) is 5.75 Å². The second kappa shape index (κ2) is 8.26. The summed E-state index contributed by atoms with van der Waals surface area (Å²) in [5.74, 6) is -0.305. The van der Waals surface area contributed by atoms with Gasteiger partial charge in [0.2, 0.25) is 0 Å². The number of carbonyl (C=O) groups is 1. The number of nitrogens with two attached hydrogens (primary N) is 1. The highest BCUT2D eigenvalue weighted by Crippen LogP contribution is 2.29. The molecule has 3 aromatic rings. The number of ether oxygens (including phenoxy) is 1. The molecule has 29 heavy (non-hydrogen) atoms. The van der Waals surface area contributed by atoms with E-state index in [1.165, 1.54) is 19.4 Å². The largest absolute Gasteiger partial charge is 0.495 e. The summed E-state index contributed by atoms with van der Waals surface area (Å²) in [6, 6.07) is 11.4. The molecule has 3 N–H and O–H groups in total. The molecule has 0 unspecified atom stereocenters. The molecule has 152 valence electrons. The number of nitrogens with zero attached hydrogens (tertiary/aromatic N) is 2. The Morgan fingerprint density at radius 2 is 1.93 bits per heavy atom. The van der Waals surface area contributed by atoms with E-state index in [1.807, 2.05) is 6.92 Å². The molecule has 2 aromatic carbocycles. The Morgan fingerprint density at radius 3 is 2.52 bits per heavy atom. The predicted octanol–water partition coefficient (Wildman–Crippen LogP) is 3.11. The zero-order chi connectivity index (χ0) is 21.2. The van der Waals surface area contributed by atoms with Gasteiger partial charge in [-0.05, 0) is 48.9 Å². The summed E-state index contributed by atoms with van der Waals surface area (Å²) in [5, 5.41) is 4.22. The number of methoxy groups -OCH3 is 1. The van der Waals surface area contributed by atoms with Crippen molar-refractivity contribution >= 4 is 37.5 Å². The van der Waals surface area contributed by atoms with E-state index in [0.29, 0.717) is 33.5 Å². The summed E-state index contributed by atoms with van der Waals surface area (Å²) in [6.45, 7) is 1.90. The maximum Gasteiger partial charge on any atom is 0.265 e. The highest BCUT2D eigenvalue weighted by Gasteiger charge is 2.20. The fourth-order valence-corrected chi connectivity index (χ4v) is 4.65. The Labute approximate surface area is 176 Å². The Bertz CT molecular complexity index is 1160. The van der Waals surface area contributed by atoms with Gasteiger partial charge in [-0.15, -0.1) is 0 Å². The Kier molecular flexibility index (Phi) is 5.94. The Hall–Kier alpha value is -2.85. The number of anilines is 1. The number of halogens is 1. The summed E-state index contributed by atoms with van der Waals surface area (Å²) in [7, 11) is -2.46. The van der Waals surface area contributed by atoms with E-state index in [0.717, 1.165) is 0 Å². The lowest BCUT2D eigenvalue weighted by atomic mass is 10.2. The van der Waals surface area contributed by atoms with Crippen molar-refractivity contribution in [1.29, 1.82) is 0 Å². The molecule has 0 saturated carbocycles. The number of nitrogens with one attached hydrogen (secondary N) is 1. The molecule has 1 amide bonds. The minimum atomic E-state index is -3.86. The van der Waals surface area contributed by atoms with Crippen molar-refractivity contribution < 1.29 is 17.9 Å². The van der Waals surface area contributed by atoms with E-state index in [-0.39, 0.29) is 10.6 Å². The summed E-state index contributed by atoms with van der Waals surface area (Å²) in [4.78, 5) is 11.5. The number of sulfonamides is 1. The van der Waals surface area contributed by atoms with Gasteiger partial charge >= 0.3 is 0 Å². The van der Waals surface area contributed by atoms with Crippen molar-refractivity contribution in [3.05, 3.63) is 64.4 Å². The number of amides is 1. The van der Waals surface area contributed by atoms with E-state index in [4.69, 9.17) is 10.5 Å². The van der Waals surface area contributed by atoms with E-state index < -0.39 is 15.9 Å². The number of hydrogen-bond acceptors (Lipinski definition) is 5. The zero-order valence-corrected chi connectivity index (χ0v) is 18.1. The van der Waals surface area contributed by atoms with Crippen molar-refractivity contribution in [2.24, 2.45) is 5.73 Å². The molecular formula is C19H19BrN4O4S. The SMILES string of the molecule is CCc1c(C(N)=O)cnn1-c1ccc(NS(=O)(=O)c2cc(Br)ccc2OC)cc1. The first-order valence-corrected chi connectivity index (χ1v) is 10.9. The standard InChI is InChI=1S/C19H19BrN4O4S/c1-3-16-15(19(21)25)11-22-24(16)14-7-5-13(6-8-14)23-29(26,27)18-10-12(20)4-9-17(18)28-2/h4-11,23H,3H2,1-2H3,(H2,21,25). The van der Waals surface area contributed by atoms with Gasteiger partial charge in [0.05, 0.1) is 30.3 Å². The number of hydrogen-bond donors (Lipinski definition) is 2. The van der Waals surface area contributed by atoms with Crippen LogP contribution in [0.25, 0.3) is 5.69 Å². The minimum Gasteiger partial charge on any atom is -0.495 e. The predicted molar refractivity (Wildman–Crippen MR) is 113 cm³/mol. The molecule has 1 heterocycles. The van der Waals surface area contributed by atoms with Crippen molar-refractivity contribution in [2.75, 3.05) is 11.8 Å². The average Bonchev–Trinajstić information content (AvgIpc) is 3.12. The van der Waals surface area contributed by atoms with Crippen LogP contribution in [-0.2, 0) is 16.4 Å². The smallest absolute Gasteiger partial charge is 0.265 e. The van der Waals surface area contributed by atoms with Crippen LogP contribution in [0.3, 0.4) is 0 Å². The van der Waals surface area contributed by atoms with Gasteiger partial charge in [-0.1, -0.05) is 22.9 Å². The van der Waals surface area contributed by atoms with Gasteiger partial charge in [-0.3, -0.25) is 9.52 Å². The van der Waals surface area contributed by atoms with E-state index >= 15 is 0 Å². The van der Waals surface area contributed by atoms with Gasteiger partial charge in [-0.25, -0.2) is 13.1 Å². The number of aromatic nitrogens is 2. The van der Waals surface area contributed by atoms with Gasteiger partial charge in [0.25, 0.3) is 15.9 Å². The lowest BCUT2D eigenvalue weighted by Crippen LogP contribution is -2.14.